The number of benzene rings is 1. The smallest absolute Gasteiger partial charge is 0.236 e. The monoisotopic (exact) mass is 348 g/mol. The van der Waals surface area contributed by atoms with Crippen LogP contribution < -0.4 is 10.1 Å². The van der Waals surface area contributed by atoms with E-state index in [1.54, 1.807) is 6.21 Å². The fourth-order valence-electron chi connectivity index (χ4n) is 2.35. The highest BCUT2D eigenvalue weighted by Crippen LogP contribution is 2.16. The summed E-state index contributed by atoms with van der Waals surface area (Å²) in [7, 11) is 0. The molecule has 2 aliphatic rings. The molecule has 0 aromatic heterocycles. The maximum absolute atomic E-state index is 11.1. The van der Waals surface area contributed by atoms with Gasteiger partial charge < -0.3 is 14.8 Å². The third-order valence-electron chi connectivity index (χ3n) is 3.62. The van der Waals surface area contributed by atoms with Crippen LogP contribution in [0.3, 0.4) is 0 Å². The first-order valence-corrected chi connectivity index (χ1v) is 8.85. The van der Waals surface area contributed by atoms with Crippen molar-refractivity contribution in [2.75, 3.05) is 45.2 Å². The van der Waals surface area contributed by atoms with Crippen LogP contribution in [0.4, 0.5) is 0 Å². The van der Waals surface area contributed by atoms with Gasteiger partial charge in [-0.1, -0.05) is 23.9 Å². The van der Waals surface area contributed by atoms with Crippen molar-refractivity contribution in [2.24, 2.45) is 10.2 Å². The standard InChI is InChI=1S/C16H20N4O3S/c21-15-12-24-16(18-15)19-17-11-13-3-1-2-4-14(13)23-10-7-20-5-8-22-9-6-20/h1-4,11H,5-10,12H2,(H,18,19,21). The zero-order chi connectivity index (χ0) is 16.6. The Hall–Kier alpha value is -1.90. The van der Waals surface area contributed by atoms with Gasteiger partial charge in [0.25, 0.3) is 0 Å². The van der Waals surface area contributed by atoms with Gasteiger partial charge in [0.15, 0.2) is 5.17 Å². The number of amides is 1. The van der Waals surface area contributed by atoms with Crippen LogP contribution >= 0.6 is 11.8 Å². The molecule has 24 heavy (non-hydrogen) atoms. The SMILES string of the molecule is O=C1CSC(=NN=Cc2ccccc2OCCN2CCOCC2)N1. The van der Waals surface area contributed by atoms with E-state index >= 15 is 0 Å². The summed E-state index contributed by atoms with van der Waals surface area (Å²) in [6, 6.07) is 7.70. The number of para-hydroxylation sites is 1. The van der Waals surface area contributed by atoms with Crippen LogP contribution in [-0.2, 0) is 9.53 Å². The molecule has 0 spiro atoms. The summed E-state index contributed by atoms with van der Waals surface area (Å²) >= 11 is 1.35. The van der Waals surface area contributed by atoms with Crippen LogP contribution in [0.15, 0.2) is 34.5 Å². The first kappa shape index (κ1) is 16.9. The number of hydrogen-bond donors (Lipinski definition) is 1. The second-order valence-corrected chi connectivity index (χ2v) is 6.29. The van der Waals surface area contributed by atoms with Gasteiger partial charge in [0.1, 0.15) is 12.4 Å². The zero-order valence-electron chi connectivity index (χ0n) is 13.3. The Labute approximate surface area is 145 Å². The molecule has 0 atom stereocenters. The molecule has 0 aliphatic carbocycles. The van der Waals surface area contributed by atoms with Crippen molar-refractivity contribution in [1.29, 1.82) is 0 Å². The first-order chi connectivity index (χ1) is 11.8. The number of nitrogens with one attached hydrogen (secondary N) is 1. The quantitative estimate of drug-likeness (QED) is 0.612. The number of hydrogen-bond acceptors (Lipinski definition) is 7. The summed E-state index contributed by atoms with van der Waals surface area (Å²) < 4.78 is 11.2. The molecule has 7 nitrogen and oxygen atoms in total. The Morgan fingerprint density at radius 1 is 1.33 bits per heavy atom. The molecule has 2 saturated heterocycles. The van der Waals surface area contributed by atoms with Crippen LogP contribution in [0.1, 0.15) is 5.56 Å². The highest BCUT2D eigenvalue weighted by molar-refractivity contribution is 8.15. The molecule has 3 rings (SSSR count). The minimum absolute atomic E-state index is 0.0409. The Morgan fingerprint density at radius 2 is 2.17 bits per heavy atom. The summed E-state index contributed by atoms with van der Waals surface area (Å²) in [6.45, 7) is 4.97. The van der Waals surface area contributed by atoms with Crippen molar-refractivity contribution in [2.45, 2.75) is 0 Å². The number of ether oxygens (including phenoxy) is 2. The maximum atomic E-state index is 11.1. The van der Waals surface area contributed by atoms with E-state index in [-0.39, 0.29) is 5.91 Å². The van der Waals surface area contributed by atoms with E-state index in [0.717, 1.165) is 44.2 Å². The van der Waals surface area contributed by atoms with Crippen LogP contribution in [0.25, 0.3) is 0 Å². The number of carbonyl (C=O) groups is 1. The largest absolute Gasteiger partial charge is 0.492 e. The molecule has 1 N–H and O–H groups in total. The van der Waals surface area contributed by atoms with E-state index in [9.17, 15) is 4.79 Å². The first-order valence-electron chi connectivity index (χ1n) is 7.87. The van der Waals surface area contributed by atoms with Crippen molar-refractivity contribution < 1.29 is 14.3 Å². The van der Waals surface area contributed by atoms with Gasteiger partial charge in [-0.15, -0.1) is 5.10 Å². The molecular formula is C16H20N4O3S. The lowest BCUT2D eigenvalue weighted by atomic mass is 10.2. The number of carbonyl (C=O) groups excluding carboxylic acids is 1. The van der Waals surface area contributed by atoms with Gasteiger partial charge in [-0.2, -0.15) is 5.10 Å². The second kappa shape index (κ2) is 8.81. The van der Waals surface area contributed by atoms with E-state index in [1.807, 2.05) is 24.3 Å². The van der Waals surface area contributed by atoms with Crippen molar-refractivity contribution in [3.8, 4) is 5.75 Å². The summed E-state index contributed by atoms with van der Waals surface area (Å²) in [5.41, 5.74) is 0.859. The lowest BCUT2D eigenvalue weighted by molar-refractivity contribution is -0.116. The average molecular weight is 348 g/mol. The summed E-state index contributed by atoms with van der Waals surface area (Å²) in [6.07, 6.45) is 1.64. The number of rotatable bonds is 6. The molecule has 2 fully saturated rings. The molecule has 0 radical (unpaired) electrons. The summed E-state index contributed by atoms with van der Waals surface area (Å²) in [5, 5.41) is 11.2. The molecule has 1 amide bonds. The molecule has 1 aromatic rings. The van der Waals surface area contributed by atoms with E-state index < -0.39 is 0 Å². The lowest BCUT2D eigenvalue weighted by Crippen LogP contribution is -2.38. The van der Waals surface area contributed by atoms with Gasteiger partial charge in [-0.05, 0) is 12.1 Å². The summed E-state index contributed by atoms with van der Waals surface area (Å²) in [5.74, 6) is 1.13. The predicted molar refractivity (Wildman–Crippen MR) is 94.8 cm³/mol. The van der Waals surface area contributed by atoms with Crippen molar-refractivity contribution >= 4 is 29.1 Å². The van der Waals surface area contributed by atoms with E-state index in [2.05, 4.69) is 20.4 Å². The lowest BCUT2D eigenvalue weighted by Gasteiger charge is -2.26. The van der Waals surface area contributed by atoms with Crippen molar-refractivity contribution in [1.82, 2.24) is 10.2 Å². The number of morpholine rings is 1. The van der Waals surface area contributed by atoms with Gasteiger partial charge in [0.05, 0.1) is 25.2 Å². The van der Waals surface area contributed by atoms with Gasteiger partial charge in [-0.25, -0.2) is 0 Å². The van der Waals surface area contributed by atoms with Gasteiger partial charge in [0.2, 0.25) is 5.91 Å². The van der Waals surface area contributed by atoms with E-state index in [4.69, 9.17) is 9.47 Å². The number of thioether (sulfide) groups is 1. The Bertz CT molecular complexity index is 630. The van der Waals surface area contributed by atoms with Crippen LogP contribution in [0, 0.1) is 0 Å². The number of amidine groups is 1. The molecule has 0 unspecified atom stereocenters. The predicted octanol–water partition coefficient (Wildman–Crippen LogP) is 0.951. The Balaban J connectivity index is 1.53. The molecule has 8 heteroatoms. The minimum atomic E-state index is -0.0409. The van der Waals surface area contributed by atoms with E-state index in [0.29, 0.717) is 17.5 Å². The number of nitrogens with zero attached hydrogens (tertiary/aromatic N) is 3. The topological polar surface area (TPSA) is 75.5 Å². The van der Waals surface area contributed by atoms with Gasteiger partial charge in [0, 0.05) is 25.2 Å². The van der Waals surface area contributed by atoms with Gasteiger partial charge in [-0.3, -0.25) is 9.69 Å². The summed E-state index contributed by atoms with van der Waals surface area (Å²) in [4.78, 5) is 13.4. The second-order valence-electron chi connectivity index (χ2n) is 5.33. The maximum Gasteiger partial charge on any atom is 0.236 e. The average Bonchev–Trinajstić information content (AvgIpc) is 3.02. The minimum Gasteiger partial charge on any atom is -0.492 e. The fourth-order valence-corrected chi connectivity index (χ4v) is 2.98. The highest BCUT2D eigenvalue weighted by atomic mass is 32.2. The van der Waals surface area contributed by atoms with Crippen molar-refractivity contribution in [3.05, 3.63) is 29.8 Å². The molecule has 128 valence electrons. The molecule has 1 aromatic carbocycles. The van der Waals surface area contributed by atoms with Crippen LogP contribution in [0.5, 0.6) is 5.75 Å². The highest BCUT2D eigenvalue weighted by Gasteiger charge is 2.16. The molecular weight excluding hydrogens is 328 g/mol. The molecule has 0 bridgehead atoms. The Kier molecular flexibility index (Phi) is 6.22. The zero-order valence-corrected chi connectivity index (χ0v) is 14.1. The third-order valence-corrected chi connectivity index (χ3v) is 4.48. The molecule has 2 heterocycles. The Morgan fingerprint density at radius 3 is 2.96 bits per heavy atom. The fraction of sp³-hybridized carbons (Fsp3) is 0.438. The molecule has 0 saturated carbocycles. The third kappa shape index (κ3) is 5.05. The van der Waals surface area contributed by atoms with Gasteiger partial charge >= 0.3 is 0 Å². The van der Waals surface area contributed by atoms with Crippen molar-refractivity contribution in [3.63, 3.8) is 0 Å². The van der Waals surface area contributed by atoms with Crippen LogP contribution in [-0.4, -0.2) is 67.4 Å². The molecule has 2 aliphatic heterocycles. The van der Waals surface area contributed by atoms with E-state index in [1.165, 1.54) is 11.8 Å². The normalized spacial score (nSPS) is 20.7. The van der Waals surface area contributed by atoms with Crippen LogP contribution in [0.2, 0.25) is 0 Å².